The lowest BCUT2D eigenvalue weighted by Crippen LogP contribution is -2.58. The van der Waals surface area contributed by atoms with Crippen molar-refractivity contribution in [2.24, 2.45) is 11.1 Å². The average molecular weight is 293 g/mol. The van der Waals surface area contributed by atoms with Gasteiger partial charge in [-0.15, -0.1) is 0 Å². The molecule has 4 atom stereocenters. The van der Waals surface area contributed by atoms with Gasteiger partial charge in [0.25, 0.3) is 0 Å². The Hall–Kier alpha value is -1.72. The van der Waals surface area contributed by atoms with Crippen LogP contribution in [-0.2, 0) is 14.4 Å². The number of oxime groups is 1. The summed E-state index contributed by atoms with van der Waals surface area (Å²) < 4.78 is 5.66. The summed E-state index contributed by atoms with van der Waals surface area (Å²) in [4.78, 5) is 19.1. The molecule has 0 aromatic rings. The van der Waals surface area contributed by atoms with Crippen molar-refractivity contribution >= 4 is 12.3 Å². The van der Waals surface area contributed by atoms with E-state index in [1.54, 1.807) is 6.20 Å². The fourth-order valence-electron chi connectivity index (χ4n) is 3.75. The van der Waals surface area contributed by atoms with Crippen molar-refractivity contribution < 1.29 is 14.4 Å². The van der Waals surface area contributed by atoms with Gasteiger partial charge in [-0.2, -0.15) is 0 Å². The quantitative estimate of drug-likeness (QED) is 0.795. The summed E-state index contributed by atoms with van der Waals surface area (Å²) in [6.07, 6.45) is 6.39. The molecule has 21 heavy (non-hydrogen) atoms. The smallest absolute Gasteiger partial charge is 0.233 e. The first-order valence-electron chi connectivity index (χ1n) is 7.68. The largest absolute Gasteiger partial charge is 0.478 e. The first-order chi connectivity index (χ1) is 10.2. The lowest BCUT2D eigenvalue weighted by molar-refractivity contribution is -0.120. The molecule has 0 aromatic heterocycles. The van der Waals surface area contributed by atoms with E-state index in [9.17, 15) is 4.79 Å². The number of ether oxygens (including phenoxy) is 1. The van der Waals surface area contributed by atoms with Gasteiger partial charge in [-0.05, 0) is 38.8 Å². The summed E-state index contributed by atoms with van der Waals surface area (Å²) in [5.41, 5.74) is -0.435. The van der Waals surface area contributed by atoms with Crippen LogP contribution in [0.1, 0.15) is 32.6 Å². The minimum atomic E-state index is -0.435. The maximum Gasteiger partial charge on any atom is 0.233 e. The van der Waals surface area contributed by atoms with Gasteiger partial charge in [0.1, 0.15) is 0 Å². The van der Waals surface area contributed by atoms with Crippen LogP contribution in [0.25, 0.3) is 0 Å². The fraction of sp³-hybridized carbons (Fsp3) is 0.733. The average Bonchev–Trinajstić information content (AvgIpc) is 2.82. The SMILES string of the molecule is C=CN[C@@H]1CN(C=O)[C@@H](C)CC[C@@]12ON=C1OCCC[C@@H]12. The zero-order valence-corrected chi connectivity index (χ0v) is 12.5. The Morgan fingerprint density at radius 3 is 3.14 bits per heavy atom. The van der Waals surface area contributed by atoms with Gasteiger partial charge >= 0.3 is 0 Å². The van der Waals surface area contributed by atoms with E-state index in [-0.39, 0.29) is 18.0 Å². The van der Waals surface area contributed by atoms with Crippen molar-refractivity contribution in [3.63, 3.8) is 0 Å². The number of amides is 1. The molecule has 6 nitrogen and oxygen atoms in total. The molecule has 116 valence electrons. The van der Waals surface area contributed by atoms with Crippen LogP contribution in [0.3, 0.4) is 0 Å². The van der Waals surface area contributed by atoms with Gasteiger partial charge in [0.2, 0.25) is 12.3 Å². The second kappa shape index (κ2) is 5.58. The van der Waals surface area contributed by atoms with Crippen LogP contribution in [0.2, 0.25) is 0 Å². The molecule has 2 fully saturated rings. The van der Waals surface area contributed by atoms with Crippen molar-refractivity contribution in [3.8, 4) is 0 Å². The number of hydrogen-bond acceptors (Lipinski definition) is 5. The topological polar surface area (TPSA) is 63.2 Å². The summed E-state index contributed by atoms with van der Waals surface area (Å²) in [5.74, 6) is 0.895. The second-order valence-electron chi connectivity index (χ2n) is 6.13. The van der Waals surface area contributed by atoms with Gasteiger partial charge in [0, 0.05) is 12.6 Å². The van der Waals surface area contributed by atoms with Crippen LogP contribution >= 0.6 is 0 Å². The molecular formula is C15H23N3O3. The third kappa shape index (κ3) is 2.26. The Labute approximate surface area is 125 Å². The highest BCUT2D eigenvalue weighted by Gasteiger charge is 2.57. The van der Waals surface area contributed by atoms with E-state index in [1.807, 2.05) is 4.90 Å². The van der Waals surface area contributed by atoms with E-state index < -0.39 is 5.60 Å². The highest BCUT2D eigenvalue weighted by Crippen LogP contribution is 2.44. The maximum absolute atomic E-state index is 11.3. The van der Waals surface area contributed by atoms with E-state index in [0.29, 0.717) is 13.2 Å². The van der Waals surface area contributed by atoms with Gasteiger partial charge in [0.15, 0.2) is 5.60 Å². The van der Waals surface area contributed by atoms with Crippen molar-refractivity contribution in [1.29, 1.82) is 0 Å². The molecule has 0 saturated carbocycles. The first-order valence-corrected chi connectivity index (χ1v) is 7.68. The zero-order valence-electron chi connectivity index (χ0n) is 12.5. The number of likely N-dealkylation sites (tertiary alicyclic amines) is 1. The molecule has 1 spiro atoms. The molecule has 6 heteroatoms. The Bertz CT molecular complexity index is 453. The summed E-state index contributed by atoms with van der Waals surface area (Å²) in [6, 6.07) is 0.172. The Balaban J connectivity index is 1.91. The third-order valence-electron chi connectivity index (χ3n) is 5.04. The van der Waals surface area contributed by atoms with E-state index >= 15 is 0 Å². The zero-order chi connectivity index (χ0) is 14.9. The van der Waals surface area contributed by atoms with E-state index in [1.165, 1.54) is 0 Å². The Morgan fingerprint density at radius 2 is 2.38 bits per heavy atom. The van der Waals surface area contributed by atoms with Gasteiger partial charge < -0.3 is 19.8 Å². The highest BCUT2D eigenvalue weighted by molar-refractivity contribution is 5.81. The normalized spacial score (nSPS) is 38.6. The third-order valence-corrected chi connectivity index (χ3v) is 5.04. The highest BCUT2D eigenvalue weighted by atomic mass is 16.7. The van der Waals surface area contributed by atoms with Crippen LogP contribution in [0.15, 0.2) is 17.9 Å². The minimum absolute atomic E-state index is 0.0295. The minimum Gasteiger partial charge on any atom is -0.478 e. The predicted molar refractivity (Wildman–Crippen MR) is 78.5 cm³/mol. The molecule has 3 aliphatic rings. The molecule has 0 aliphatic carbocycles. The molecule has 0 bridgehead atoms. The lowest BCUT2D eigenvalue weighted by atomic mass is 9.75. The van der Waals surface area contributed by atoms with Gasteiger partial charge in [-0.25, -0.2) is 0 Å². The molecule has 0 radical (unpaired) electrons. The van der Waals surface area contributed by atoms with Crippen LogP contribution in [0.4, 0.5) is 0 Å². The molecule has 0 unspecified atom stereocenters. The summed E-state index contributed by atoms with van der Waals surface area (Å²) in [5, 5.41) is 7.48. The number of nitrogens with zero attached hydrogens (tertiary/aromatic N) is 2. The molecule has 1 amide bonds. The number of nitrogens with one attached hydrogen (secondary N) is 1. The van der Waals surface area contributed by atoms with E-state index in [0.717, 1.165) is 38.0 Å². The van der Waals surface area contributed by atoms with Crippen molar-refractivity contribution in [3.05, 3.63) is 12.8 Å². The molecule has 3 aliphatic heterocycles. The van der Waals surface area contributed by atoms with Crippen molar-refractivity contribution in [2.75, 3.05) is 13.2 Å². The van der Waals surface area contributed by atoms with Gasteiger partial charge in [-0.3, -0.25) is 4.79 Å². The summed E-state index contributed by atoms with van der Waals surface area (Å²) >= 11 is 0. The van der Waals surface area contributed by atoms with Crippen LogP contribution in [-0.4, -0.2) is 48.0 Å². The first kappa shape index (κ1) is 14.2. The van der Waals surface area contributed by atoms with E-state index in [4.69, 9.17) is 9.57 Å². The van der Waals surface area contributed by atoms with Gasteiger partial charge in [-0.1, -0.05) is 11.7 Å². The summed E-state index contributed by atoms with van der Waals surface area (Å²) in [6.45, 7) is 7.15. The van der Waals surface area contributed by atoms with Crippen molar-refractivity contribution in [2.45, 2.75) is 50.3 Å². The fourth-order valence-corrected chi connectivity index (χ4v) is 3.75. The van der Waals surface area contributed by atoms with Crippen LogP contribution < -0.4 is 5.32 Å². The Morgan fingerprint density at radius 1 is 1.52 bits per heavy atom. The molecule has 3 heterocycles. The van der Waals surface area contributed by atoms with Crippen LogP contribution in [0.5, 0.6) is 0 Å². The molecular weight excluding hydrogens is 270 g/mol. The number of carbonyl (C=O) groups is 1. The number of rotatable bonds is 3. The van der Waals surface area contributed by atoms with E-state index in [2.05, 4.69) is 24.0 Å². The Kier molecular flexibility index (Phi) is 3.78. The number of fused-ring (bicyclic) bond motifs is 2. The number of hydrogen-bond donors (Lipinski definition) is 1. The molecule has 3 rings (SSSR count). The van der Waals surface area contributed by atoms with Gasteiger partial charge in [0.05, 0.1) is 18.6 Å². The maximum atomic E-state index is 11.3. The second-order valence-corrected chi connectivity index (χ2v) is 6.13. The number of carbonyl (C=O) groups excluding carboxylic acids is 1. The summed E-state index contributed by atoms with van der Waals surface area (Å²) in [7, 11) is 0. The molecule has 0 aromatic carbocycles. The predicted octanol–water partition coefficient (Wildman–Crippen LogP) is 1.24. The van der Waals surface area contributed by atoms with Crippen molar-refractivity contribution in [1.82, 2.24) is 10.2 Å². The molecule has 1 N–H and O–H groups in total. The van der Waals surface area contributed by atoms with Crippen LogP contribution in [0, 0.1) is 5.92 Å². The standard InChI is InChI=1S/C15H23N3O3/c1-3-16-13-9-18(10-19)11(2)6-7-15(13)12-5-4-8-20-14(12)17-21-15/h3,10-13,16H,1,4-9H2,2H3/t11-,12-,13+,15-/m0/s1. The lowest BCUT2D eigenvalue weighted by Gasteiger charge is -2.39. The molecule has 2 saturated heterocycles. The monoisotopic (exact) mass is 293 g/mol.